The Labute approximate surface area is 123 Å². The molecule has 1 heterocycles. The topological polar surface area (TPSA) is 43.8 Å². The average molecular weight is 296 g/mol. The fourth-order valence-corrected chi connectivity index (χ4v) is 2.33. The largest absolute Gasteiger partial charge is 0.327 e. The second kappa shape index (κ2) is 5.94. The number of benzene rings is 1. The molecule has 5 heteroatoms. The van der Waals surface area contributed by atoms with E-state index in [4.69, 9.17) is 17.3 Å². The summed E-state index contributed by atoms with van der Waals surface area (Å²) < 4.78 is 15.3. The standard InChI is InChI=1S/C15H19ClFN3/c1-4-13(18)8-11-7-12(17)5-6-14(11)20-10(3)15(16)9(2)19-20/h5-7,13H,4,8,18H2,1-3H3. The van der Waals surface area contributed by atoms with Crippen LogP contribution in [-0.2, 0) is 6.42 Å². The Morgan fingerprint density at radius 2 is 2.10 bits per heavy atom. The first kappa shape index (κ1) is 15.0. The summed E-state index contributed by atoms with van der Waals surface area (Å²) in [5, 5.41) is 5.06. The number of halogens is 2. The minimum atomic E-state index is -0.264. The van der Waals surface area contributed by atoms with Crippen LogP contribution in [0.25, 0.3) is 5.69 Å². The first-order chi connectivity index (χ1) is 9.43. The summed E-state index contributed by atoms with van der Waals surface area (Å²) in [4.78, 5) is 0. The third-order valence-electron chi connectivity index (χ3n) is 3.48. The van der Waals surface area contributed by atoms with Gasteiger partial charge in [0.25, 0.3) is 0 Å². The maximum absolute atomic E-state index is 13.5. The lowest BCUT2D eigenvalue weighted by Gasteiger charge is -2.14. The van der Waals surface area contributed by atoms with E-state index in [2.05, 4.69) is 5.10 Å². The van der Waals surface area contributed by atoms with Gasteiger partial charge in [-0.05, 0) is 50.5 Å². The van der Waals surface area contributed by atoms with Crippen molar-refractivity contribution in [3.05, 3.63) is 46.0 Å². The molecule has 2 rings (SSSR count). The molecule has 1 aromatic heterocycles. The van der Waals surface area contributed by atoms with Gasteiger partial charge < -0.3 is 5.73 Å². The number of aryl methyl sites for hydroxylation is 1. The highest BCUT2D eigenvalue weighted by Gasteiger charge is 2.15. The molecule has 2 aromatic rings. The third kappa shape index (κ3) is 2.86. The number of hydrogen-bond acceptors (Lipinski definition) is 2. The van der Waals surface area contributed by atoms with E-state index < -0.39 is 0 Å². The van der Waals surface area contributed by atoms with Crippen molar-refractivity contribution in [2.45, 2.75) is 39.7 Å². The molecule has 2 N–H and O–H groups in total. The summed E-state index contributed by atoms with van der Waals surface area (Å²) in [5.41, 5.74) is 9.29. The van der Waals surface area contributed by atoms with Gasteiger partial charge in [-0.3, -0.25) is 0 Å². The van der Waals surface area contributed by atoms with Crippen molar-refractivity contribution in [3.63, 3.8) is 0 Å². The maximum atomic E-state index is 13.5. The lowest BCUT2D eigenvalue weighted by molar-refractivity contribution is 0.611. The van der Waals surface area contributed by atoms with Crippen LogP contribution in [0.15, 0.2) is 18.2 Å². The fraction of sp³-hybridized carbons (Fsp3) is 0.400. The van der Waals surface area contributed by atoms with Crippen LogP contribution in [0.2, 0.25) is 5.02 Å². The summed E-state index contributed by atoms with van der Waals surface area (Å²) >= 11 is 6.18. The summed E-state index contributed by atoms with van der Waals surface area (Å²) in [6, 6.07) is 4.68. The third-order valence-corrected chi connectivity index (χ3v) is 4.03. The zero-order chi connectivity index (χ0) is 14.9. The molecule has 0 saturated carbocycles. The smallest absolute Gasteiger partial charge is 0.123 e. The van der Waals surface area contributed by atoms with Crippen molar-refractivity contribution in [2.24, 2.45) is 5.73 Å². The van der Waals surface area contributed by atoms with Gasteiger partial charge in [0.05, 0.1) is 22.1 Å². The lowest BCUT2D eigenvalue weighted by atomic mass is 10.0. The molecule has 1 unspecified atom stereocenters. The zero-order valence-electron chi connectivity index (χ0n) is 12.0. The quantitative estimate of drug-likeness (QED) is 0.937. The van der Waals surface area contributed by atoms with Gasteiger partial charge in [-0.2, -0.15) is 5.10 Å². The van der Waals surface area contributed by atoms with Crippen molar-refractivity contribution in [1.29, 1.82) is 0 Å². The van der Waals surface area contributed by atoms with E-state index >= 15 is 0 Å². The summed E-state index contributed by atoms with van der Waals surface area (Å²) in [5.74, 6) is -0.264. The van der Waals surface area contributed by atoms with Crippen LogP contribution >= 0.6 is 11.6 Å². The van der Waals surface area contributed by atoms with Crippen LogP contribution in [0.5, 0.6) is 0 Å². The Bertz CT molecular complexity index is 622. The molecule has 108 valence electrons. The highest BCUT2D eigenvalue weighted by Crippen LogP contribution is 2.25. The zero-order valence-corrected chi connectivity index (χ0v) is 12.7. The molecule has 0 spiro atoms. The first-order valence-corrected chi connectivity index (χ1v) is 7.08. The van der Waals surface area contributed by atoms with Gasteiger partial charge in [0.2, 0.25) is 0 Å². The van der Waals surface area contributed by atoms with Crippen molar-refractivity contribution in [3.8, 4) is 5.69 Å². The minimum absolute atomic E-state index is 0.00277. The summed E-state index contributed by atoms with van der Waals surface area (Å²) in [6.45, 7) is 5.77. The monoisotopic (exact) mass is 295 g/mol. The maximum Gasteiger partial charge on any atom is 0.123 e. The molecule has 20 heavy (non-hydrogen) atoms. The van der Waals surface area contributed by atoms with Gasteiger partial charge in [-0.1, -0.05) is 18.5 Å². The molecule has 0 amide bonds. The summed E-state index contributed by atoms with van der Waals surface area (Å²) in [7, 11) is 0. The minimum Gasteiger partial charge on any atom is -0.327 e. The van der Waals surface area contributed by atoms with Gasteiger partial charge in [-0.25, -0.2) is 9.07 Å². The van der Waals surface area contributed by atoms with Gasteiger partial charge in [0.1, 0.15) is 5.82 Å². The number of nitrogens with zero attached hydrogens (tertiary/aromatic N) is 2. The molecule has 0 fully saturated rings. The van der Waals surface area contributed by atoms with E-state index in [1.54, 1.807) is 10.7 Å². The van der Waals surface area contributed by atoms with Crippen molar-refractivity contribution >= 4 is 11.6 Å². The lowest BCUT2D eigenvalue weighted by Crippen LogP contribution is -2.22. The van der Waals surface area contributed by atoms with Crippen molar-refractivity contribution < 1.29 is 4.39 Å². The van der Waals surface area contributed by atoms with Crippen LogP contribution in [0.1, 0.15) is 30.3 Å². The second-order valence-electron chi connectivity index (χ2n) is 5.04. The predicted molar refractivity (Wildman–Crippen MR) is 80.0 cm³/mol. The Morgan fingerprint density at radius 1 is 1.40 bits per heavy atom. The van der Waals surface area contributed by atoms with Crippen molar-refractivity contribution in [2.75, 3.05) is 0 Å². The van der Waals surface area contributed by atoms with Crippen LogP contribution in [0, 0.1) is 19.7 Å². The molecule has 0 aliphatic rings. The summed E-state index contributed by atoms with van der Waals surface area (Å²) in [6.07, 6.45) is 1.45. The highest BCUT2D eigenvalue weighted by molar-refractivity contribution is 6.31. The van der Waals surface area contributed by atoms with Crippen LogP contribution in [-0.4, -0.2) is 15.8 Å². The molecule has 0 radical (unpaired) electrons. The molecule has 0 aliphatic carbocycles. The van der Waals surface area contributed by atoms with E-state index in [-0.39, 0.29) is 11.9 Å². The van der Waals surface area contributed by atoms with E-state index in [0.717, 1.165) is 29.1 Å². The van der Waals surface area contributed by atoms with E-state index in [9.17, 15) is 4.39 Å². The Kier molecular flexibility index (Phi) is 4.45. The Morgan fingerprint density at radius 3 is 2.65 bits per heavy atom. The molecule has 0 saturated heterocycles. The van der Waals surface area contributed by atoms with Gasteiger partial charge in [-0.15, -0.1) is 0 Å². The molecule has 0 bridgehead atoms. The molecule has 1 atom stereocenters. The number of aromatic nitrogens is 2. The number of rotatable bonds is 4. The average Bonchev–Trinajstić information content (AvgIpc) is 2.66. The number of nitrogens with two attached hydrogens (primary N) is 1. The van der Waals surface area contributed by atoms with Crippen LogP contribution in [0.4, 0.5) is 4.39 Å². The SMILES string of the molecule is CCC(N)Cc1cc(F)ccc1-n1nc(C)c(Cl)c1C. The normalized spacial score (nSPS) is 12.7. The van der Waals surface area contributed by atoms with E-state index in [1.165, 1.54) is 12.1 Å². The molecular formula is C15H19ClFN3. The Balaban J connectivity index is 2.52. The van der Waals surface area contributed by atoms with Crippen LogP contribution in [0.3, 0.4) is 0 Å². The second-order valence-corrected chi connectivity index (χ2v) is 5.42. The molecule has 1 aromatic carbocycles. The highest BCUT2D eigenvalue weighted by atomic mass is 35.5. The number of hydrogen-bond donors (Lipinski definition) is 1. The molecule has 3 nitrogen and oxygen atoms in total. The molecular weight excluding hydrogens is 277 g/mol. The first-order valence-electron chi connectivity index (χ1n) is 6.70. The fourth-order valence-electron chi connectivity index (χ4n) is 2.21. The predicted octanol–water partition coefficient (Wildman–Crippen LogP) is 3.56. The van der Waals surface area contributed by atoms with Gasteiger partial charge in [0.15, 0.2) is 0 Å². The van der Waals surface area contributed by atoms with Gasteiger partial charge in [0, 0.05) is 6.04 Å². The van der Waals surface area contributed by atoms with E-state index in [0.29, 0.717) is 11.4 Å². The molecule has 0 aliphatic heterocycles. The van der Waals surface area contributed by atoms with E-state index in [1.807, 2.05) is 20.8 Å². The van der Waals surface area contributed by atoms with Crippen LogP contribution < -0.4 is 5.73 Å². The van der Waals surface area contributed by atoms with Gasteiger partial charge >= 0.3 is 0 Å². The van der Waals surface area contributed by atoms with Crippen molar-refractivity contribution in [1.82, 2.24) is 9.78 Å². The Hall–Kier alpha value is -1.39.